The summed E-state index contributed by atoms with van der Waals surface area (Å²) in [4.78, 5) is 2.25. The molecule has 1 N–H and O–H groups in total. The number of benzene rings is 1. The number of anilines is 1. The SMILES string of the molecule is CCNCc1ccc(N2CCOC(C)(C)C2)c(C#N)c1. The summed E-state index contributed by atoms with van der Waals surface area (Å²) in [5.74, 6) is 0. The van der Waals surface area contributed by atoms with E-state index in [2.05, 4.69) is 49.2 Å². The Morgan fingerprint density at radius 1 is 1.45 bits per heavy atom. The Morgan fingerprint density at radius 2 is 2.25 bits per heavy atom. The van der Waals surface area contributed by atoms with E-state index < -0.39 is 0 Å². The van der Waals surface area contributed by atoms with Gasteiger partial charge in [-0.3, -0.25) is 0 Å². The van der Waals surface area contributed by atoms with Crippen LogP contribution < -0.4 is 10.2 Å². The van der Waals surface area contributed by atoms with Crippen LogP contribution in [0.5, 0.6) is 0 Å². The van der Waals surface area contributed by atoms with Crippen LogP contribution in [0.3, 0.4) is 0 Å². The Kier molecular flexibility index (Phi) is 4.64. The Hall–Kier alpha value is -1.57. The van der Waals surface area contributed by atoms with E-state index in [1.807, 2.05) is 6.07 Å². The lowest BCUT2D eigenvalue weighted by atomic mass is 10.0. The van der Waals surface area contributed by atoms with Crippen molar-refractivity contribution in [3.63, 3.8) is 0 Å². The summed E-state index contributed by atoms with van der Waals surface area (Å²) < 4.78 is 5.73. The number of nitrogens with zero attached hydrogens (tertiary/aromatic N) is 2. The van der Waals surface area contributed by atoms with Gasteiger partial charge in [0, 0.05) is 19.6 Å². The summed E-state index contributed by atoms with van der Waals surface area (Å²) in [6.45, 7) is 10.3. The maximum Gasteiger partial charge on any atom is 0.101 e. The van der Waals surface area contributed by atoms with Crippen LogP contribution in [-0.2, 0) is 11.3 Å². The number of ether oxygens (including phenoxy) is 1. The highest BCUT2D eigenvalue weighted by Gasteiger charge is 2.28. The van der Waals surface area contributed by atoms with Gasteiger partial charge in [0.25, 0.3) is 0 Å². The molecule has 1 heterocycles. The molecule has 0 spiro atoms. The normalized spacial score (nSPS) is 17.8. The number of nitrogens with one attached hydrogen (secondary N) is 1. The predicted octanol–water partition coefficient (Wildman–Crippen LogP) is 2.28. The molecule has 0 saturated carbocycles. The summed E-state index contributed by atoms with van der Waals surface area (Å²) in [6, 6.07) is 8.47. The van der Waals surface area contributed by atoms with Crippen LogP contribution in [0.4, 0.5) is 5.69 Å². The average Bonchev–Trinajstić information content (AvgIpc) is 2.43. The molecular weight excluding hydrogens is 250 g/mol. The lowest BCUT2D eigenvalue weighted by Crippen LogP contribution is -2.48. The Balaban J connectivity index is 2.21. The van der Waals surface area contributed by atoms with Crippen LogP contribution in [0.15, 0.2) is 18.2 Å². The Morgan fingerprint density at radius 3 is 2.90 bits per heavy atom. The van der Waals surface area contributed by atoms with Crippen LogP contribution in [0.1, 0.15) is 31.9 Å². The molecule has 0 atom stereocenters. The first kappa shape index (κ1) is 14.8. The minimum atomic E-state index is -0.159. The predicted molar refractivity (Wildman–Crippen MR) is 80.8 cm³/mol. The third kappa shape index (κ3) is 3.50. The van der Waals surface area contributed by atoms with Crippen LogP contribution in [0.2, 0.25) is 0 Å². The molecular formula is C16H23N3O. The van der Waals surface area contributed by atoms with Gasteiger partial charge in [0.15, 0.2) is 0 Å². The first-order valence-corrected chi connectivity index (χ1v) is 7.18. The van der Waals surface area contributed by atoms with Gasteiger partial charge >= 0.3 is 0 Å². The summed E-state index contributed by atoms with van der Waals surface area (Å²) in [7, 11) is 0. The molecule has 0 radical (unpaired) electrons. The van der Waals surface area contributed by atoms with Gasteiger partial charge < -0.3 is 15.0 Å². The third-order valence-corrected chi connectivity index (χ3v) is 3.53. The molecule has 0 aliphatic carbocycles. The van der Waals surface area contributed by atoms with Crippen LogP contribution >= 0.6 is 0 Å². The van der Waals surface area contributed by atoms with Crippen molar-refractivity contribution in [3.05, 3.63) is 29.3 Å². The molecule has 20 heavy (non-hydrogen) atoms. The fraction of sp³-hybridized carbons (Fsp3) is 0.562. The smallest absolute Gasteiger partial charge is 0.101 e. The van der Waals surface area contributed by atoms with Crippen molar-refractivity contribution < 1.29 is 4.74 Å². The van der Waals surface area contributed by atoms with E-state index in [9.17, 15) is 5.26 Å². The van der Waals surface area contributed by atoms with Crippen molar-refractivity contribution >= 4 is 5.69 Å². The molecule has 0 bridgehead atoms. The lowest BCUT2D eigenvalue weighted by Gasteiger charge is -2.39. The van der Waals surface area contributed by atoms with Crippen molar-refractivity contribution in [1.29, 1.82) is 5.26 Å². The highest BCUT2D eigenvalue weighted by atomic mass is 16.5. The van der Waals surface area contributed by atoms with Crippen molar-refractivity contribution in [2.75, 3.05) is 31.1 Å². The number of rotatable bonds is 4. The second kappa shape index (κ2) is 6.25. The van der Waals surface area contributed by atoms with Crippen molar-refractivity contribution in [2.24, 2.45) is 0 Å². The van der Waals surface area contributed by atoms with Crippen LogP contribution in [0.25, 0.3) is 0 Å². The van der Waals surface area contributed by atoms with Crippen molar-refractivity contribution in [3.8, 4) is 6.07 Å². The second-order valence-corrected chi connectivity index (χ2v) is 5.77. The molecule has 0 amide bonds. The molecule has 1 aromatic rings. The van der Waals surface area contributed by atoms with Gasteiger partial charge in [-0.1, -0.05) is 13.0 Å². The number of nitriles is 1. The summed E-state index contributed by atoms with van der Waals surface area (Å²) >= 11 is 0. The molecule has 0 aromatic heterocycles. The van der Waals surface area contributed by atoms with E-state index in [0.717, 1.165) is 43.0 Å². The maximum absolute atomic E-state index is 9.40. The van der Waals surface area contributed by atoms with E-state index in [0.29, 0.717) is 6.61 Å². The largest absolute Gasteiger partial charge is 0.372 e. The molecule has 4 heteroatoms. The van der Waals surface area contributed by atoms with Gasteiger partial charge in [-0.2, -0.15) is 5.26 Å². The molecule has 1 saturated heterocycles. The highest BCUT2D eigenvalue weighted by molar-refractivity contribution is 5.61. The quantitative estimate of drug-likeness (QED) is 0.914. The summed E-state index contributed by atoms with van der Waals surface area (Å²) in [6.07, 6.45) is 0. The third-order valence-electron chi connectivity index (χ3n) is 3.53. The topological polar surface area (TPSA) is 48.3 Å². The highest BCUT2D eigenvalue weighted by Crippen LogP contribution is 2.26. The molecule has 2 rings (SSSR count). The monoisotopic (exact) mass is 273 g/mol. The maximum atomic E-state index is 9.40. The van der Waals surface area contributed by atoms with E-state index in [4.69, 9.17) is 4.74 Å². The number of hydrogen-bond acceptors (Lipinski definition) is 4. The van der Waals surface area contributed by atoms with Gasteiger partial charge in [-0.05, 0) is 38.1 Å². The van der Waals surface area contributed by atoms with E-state index in [-0.39, 0.29) is 5.60 Å². The molecule has 108 valence electrons. The molecule has 1 aliphatic rings. The lowest BCUT2D eigenvalue weighted by molar-refractivity contribution is -0.0277. The molecule has 1 fully saturated rings. The summed E-state index contributed by atoms with van der Waals surface area (Å²) in [5, 5.41) is 12.7. The number of hydrogen-bond donors (Lipinski definition) is 1. The van der Waals surface area contributed by atoms with Crippen LogP contribution in [-0.4, -0.2) is 31.8 Å². The minimum absolute atomic E-state index is 0.159. The molecule has 0 unspecified atom stereocenters. The van der Waals surface area contributed by atoms with Crippen molar-refractivity contribution in [2.45, 2.75) is 32.9 Å². The first-order chi connectivity index (χ1) is 9.55. The first-order valence-electron chi connectivity index (χ1n) is 7.18. The molecule has 1 aromatic carbocycles. The van der Waals surface area contributed by atoms with E-state index in [1.165, 1.54) is 0 Å². The zero-order valence-electron chi connectivity index (χ0n) is 12.6. The van der Waals surface area contributed by atoms with Crippen LogP contribution in [0, 0.1) is 11.3 Å². The van der Waals surface area contributed by atoms with Gasteiger partial charge in [0.1, 0.15) is 6.07 Å². The Labute approximate surface area is 121 Å². The average molecular weight is 273 g/mol. The second-order valence-electron chi connectivity index (χ2n) is 5.77. The zero-order valence-corrected chi connectivity index (χ0v) is 12.6. The standard InChI is InChI=1S/C16H23N3O/c1-4-18-11-13-5-6-15(14(9-13)10-17)19-7-8-20-16(2,3)12-19/h5-6,9,18H,4,7-8,11-12H2,1-3H3. The number of morpholine rings is 1. The fourth-order valence-corrected chi connectivity index (χ4v) is 2.55. The van der Waals surface area contributed by atoms with Gasteiger partial charge in [0.2, 0.25) is 0 Å². The van der Waals surface area contributed by atoms with E-state index in [1.54, 1.807) is 0 Å². The fourth-order valence-electron chi connectivity index (χ4n) is 2.55. The molecule has 1 aliphatic heterocycles. The zero-order chi connectivity index (χ0) is 14.6. The van der Waals surface area contributed by atoms with Crippen molar-refractivity contribution in [1.82, 2.24) is 5.32 Å². The summed E-state index contributed by atoms with van der Waals surface area (Å²) in [5.41, 5.74) is 2.76. The van der Waals surface area contributed by atoms with Gasteiger partial charge in [-0.25, -0.2) is 0 Å². The minimum Gasteiger partial charge on any atom is -0.372 e. The van der Waals surface area contributed by atoms with Gasteiger partial charge in [-0.15, -0.1) is 0 Å². The Bertz CT molecular complexity index is 505. The van der Waals surface area contributed by atoms with Gasteiger partial charge in [0.05, 0.1) is 23.5 Å². The van der Waals surface area contributed by atoms with E-state index >= 15 is 0 Å². The molecule has 4 nitrogen and oxygen atoms in total.